The van der Waals surface area contributed by atoms with Crippen molar-refractivity contribution in [1.29, 1.82) is 0 Å². The fraction of sp³-hybridized carbons (Fsp3) is 0.732. The SMILES string of the molecule is C#CCOCCO[C@@H]1CC[C@@H](C[C@@H](C)[C@@H]2CC(=O)[C@H](C)/C=C(\C)[C@@H](O)[C@@H](OC)C(=O)[C@H](C)C[C@H](C)/C=C/C=C/C=C(\C)[C@@H](OC)C[C@@H]3CC[C@@H](C)[C@@](O)(O3)C(=O)C(=O)N3CCCC[C@H]3C(=O)O2)C[C@H]1OC. The molecular formula is C56H85NO14. The Hall–Kier alpha value is -3.85. The van der Waals surface area contributed by atoms with Crippen molar-refractivity contribution in [3.63, 3.8) is 0 Å². The number of nitrogens with zero attached hydrogens (tertiary/aromatic N) is 1. The number of allylic oxidation sites excluding steroid dienone is 6. The number of ether oxygens (including phenoxy) is 7. The predicted octanol–water partition coefficient (Wildman–Crippen LogP) is 6.85. The zero-order valence-corrected chi connectivity index (χ0v) is 44.2. The van der Waals surface area contributed by atoms with Crippen LogP contribution in [0.5, 0.6) is 0 Å². The Kier molecular flexibility index (Phi) is 24.5. The molecule has 71 heavy (non-hydrogen) atoms. The Labute approximate surface area is 423 Å². The number of piperidine rings is 1. The molecule has 3 heterocycles. The maximum Gasteiger partial charge on any atom is 0.329 e. The highest BCUT2D eigenvalue weighted by Crippen LogP contribution is 2.38. The molecule has 3 fully saturated rings. The van der Waals surface area contributed by atoms with Crippen molar-refractivity contribution in [1.82, 2.24) is 4.90 Å². The highest BCUT2D eigenvalue weighted by Gasteiger charge is 2.53. The number of carbonyl (C=O) groups is 5. The average molecular weight is 996 g/mol. The summed E-state index contributed by atoms with van der Waals surface area (Å²) in [6, 6.07) is -1.15. The number of aliphatic hydroxyl groups is 2. The molecule has 2 bridgehead atoms. The molecule has 2 saturated heterocycles. The van der Waals surface area contributed by atoms with Gasteiger partial charge in [0.2, 0.25) is 5.79 Å². The van der Waals surface area contributed by atoms with Gasteiger partial charge in [-0.1, -0.05) is 77.0 Å². The number of Topliss-reactive ketones (excluding diaryl/α,β-unsaturated/α-hetero) is 3. The molecule has 1 saturated carbocycles. The summed E-state index contributed by atoms with van der Waals surface area (Å²) >= 11 is 0. The van der Waals surface area contributed by atoms with Crippen LogP contribution in [0.2, 0.25) is 0 Å². The van der Waals surface area contributed by atoms with E-state index >= 15 is 0 Å². The van der Waals surface area contributed by atoms with Crippen LogP contribution in [0, 0.1) is 47.9 Å². The van der Waals surface area contributed by atoms with Gasteiger partial charge in [0.1, 0.15) is 36.7 Å². The zero-order chi connectivity index (χ0) is 52.4. The molecule has 0 aromatic rings. The van der Waals surface area contributed by atoms with E-state index in [4.69, 9.17) is 39.6 Å². The molecule has 0 aromatic heterocycles. The summed E-state index contributed by atoms with van der Waals surface area (Å²) < 4.78 is 41.3. The van der Waals surface area contributed by atoms with Crippen LogP contribution in [0.25, 0.3) is 0 Å². The lowest BCUT2D eigenvalue weighted by molar-refractivity contribution is -0.265. The van der Waals surface area contributed by atoms with E-state index in [0.29, 0.717) is 70.2 Å². The minimum absolute atomic E-state index is 0.0144. The van der Waals surface area contributed by atoms with Crippen molar-refractivity contribution < 1.29 is 67.3 Å². The molecule has 2 N–H and O–H groups in total. The van der Waals surface area contributed by atoms with Crippen molar-refractivity contribution in [2.75, 3.05) is 47.7 Å². The van der Waals surface area contributed by atoms with Gasteiger partial charge in [0, 0.05) is 58.5 Å². The summed E-state index contributed by atoms with van der Waals surface area (Å²) in [5.41, 5.74) is 1.27. The largest absolute Gasteiger partial charge is 0.460 e. The topological polar surface area (TPSA) is 194 Å². The van der Waals surface area contributed by atoms with Crippen molar-refractivity contribution in [2.24, 2.45) is 35.5 Å². The number of ketones is 3. The predicted molar refractivity (Wildman–Crippen MR) is 269 cm³/mol. The van der Waals surface area contributed by atoms with Crippen LogP contribution in [0.15, 0.2) is 47.6 Å². The molecule has 3 aliphatic heterocycles. The number of rotatable bonds is 11. The number of methoxy groups -OCH3 is 3. The van der Waals surface area contributed by atoms with E-state index < -0.39 is 77.8 Å². The monoisotopic (exact) mass is 996 g/mol. The molecule has 0 spiro atoms. The van der Waals surface area contributed by atoms with Crippen LogP contribution in [0.1, 0.15) is 126 Å². The van der Waals surface area contributed by atoms with Gasteiger partial charge in [-0.05, 0) is 107 Å². The molecule has 0 unspecified atom stereocenters. The third-order valence-corrected chi connectivity index (χ3v) is 15.2. The zero-order valence-electron chi connectivity index (χ0n) is 44.2. The van der Waals surface area contributed by atoms with Gasteiger partial charge in [-0.3, -0.25) is 19.2 Å². The first-order valence-corrected chi connectivity index (χ1v) is 25.9. The smallest absolute Gasteiger partial charge is 0.329 e. The molecular weight excluding hydrogens is 911 g/mol. The van der Waals surface area contributed by atoms with Crippen molar-refractivity contribution in [3.05, 3.63) is 47.6 Å². The van der Waals surface area contributed by atoms with Gasteiger partial charge in [0.25, 0.3) is 11.7 Å². The number of fused-ring (bicyclic) bond motifs is 3. The maximum absolute atomic E-state index is 14.5. The molecule has 1 aliphatic carbocycles. The van der Waals surface area contributed by atoms with E-state index in [-0.39, 0.29) is 67.5 Å². The lowest BCUT2D eigenvalue weighted by Gasteiger charge is -2.42. The lowest BCUT2D eigenvalue weighted by Crippen LogP contribution is -2.61. The second-order valence-corrected chi connectivity index (χ2v) is 20.7. The maximum atomic E-state index is 14.5. The highest BCUT2D eigenvalue weighted by molar-refractivity contribution is 6.39. The molecule has 15 heteroatoms. The fourth-order valence-electron chi connectivity index (χ4n) is 10.7. The number of esters is 1. The Morgan fingerprint density at radius 2 is 1.62 bits per heavy atom. The molecule has 0 aromatic carbocycles. The lowest BCUT2D eigenvalue weighted by atomic mass is 9.78. The minimum atomic E-state index is -2.44. The molecule has 15 atom stereocenters. The molecule has 4 rings (SSSR count). The summed E-state index contributed by atoms with van der Waals surface area (Å²) in [7, 11) is 4.61. The van der Waals surface area contributed by atoms with Crippen LogP contribution in [0.4, 0.5) is 0 Å². The van der Waals surface area contributed by atoms with Gasteiger partial charge in [-0.2, -0.15) is 0 Å². The second kappa shape index (κ2) is 29.1. The second-order valence-electron chi connectivity index (χ2n) is 20.7. The minimum Gasteiger partial charge on any atom is -0.460 e. The summed E-state index contributed by atoms with van der Waals surface area (Å²) in [4.78, 5) is 72.4. The summed E-state index contributed by atoms with van der Waals surface area (Å²) in [5, 5.41) is 23.5. The van der Waals surface area contributed by atoms with Gasteiger partial charge in [-0.15, -0.1) is 6.42 Å². The molecule has 398 valence electrons. The number of cyclic esters (lactones) is 1. The van der Waals surface area contributed by atoms with Crippen LogP contribution in [0.3, 0.4) is 0 Å². The summed E-state index contributed by atoms with van der Waals surface area (Å²) in [6.07, 6.45) is 17.4. The van der Waals surface area contributed by atoms with Crippen molar-refractivity contribution in [3.8, 4) is 12.3 Å². The number of amides is 1. The normalized spacial score (nSPS) is 37.9. The van der Waals surface area contributed by atoms with E-state index in [2.05, 4.69) is 5.92 Å². The van der Waals surface area contributed by atoms with Crippen LogP contribution >= 0.6 is 0 Å². The van der Waals surface area contributed by atoms with Crippen molar-refractivity contribution >= 4 is 29.2 Å². The van der Waals surface area contributed by atoms with Gasteiger partial charge in [0.15, 0.2) is 5.78 Å². The first-order chi connectivity index (χ1) is 33.8. The van der Waals surface area contributed by atoms with Crippen LogP contribution < -0.4 is 0 Å². The Bertz CT molecular complexity index is 1940. The first-order valence-electron chi connectivity index (χ1n) is 25.9. The van der Waals surface area contributed by atoms with Gasteiger partial charge >= 0.3 is 5.97 Å². The number of carbonyl (C=O) groups excluding carboxylic acids is 5. The van der Waals surface area contributed by atoms with Gasteiger partial charge in [0.05, 0.1) is 37.6 Å². The van der Waals surface area contributed by atoms with Crippen molar-refractivity contribution in [2.45, 2.75) is 180 Å². The summed E-state index contributed by atoms with van der Waals surface area (Å²) in [5.74, 6) is -5.51. The number of aliphatic hydroxyl groups excluding tert-OH is 1. The third kappa shape index (κ3) is 16.8. The van der Waals surface area contributed by atoms with E-state index in [0.717, 1.165) is 18.4 Å². The standard InChI is InChI=1S/C56H85NO14/c1-12-26-68-27-28-69-46-24-22-42(32-49(46)66-10)31-38(5)48-34-45(58)37(4)30-40(7)51(60)52(67-11)50(59)39(6)29-35(2)18-14-13-15-19-36(3)47(65-9)33-43-23-21-41(8)56(64,71-43)53(61)54(62)57-25-17-16-20-44(57)55(63)70-48/h1,13-15,18-19,30,35,37-39,41-44,46-49,51-52,60,64H,16-17,20-29,31-34H2,2-11H3/b15-13+,18-14+,36-19+,40-30+/t35-,37-,38-,39-,41-,42+,43+,44+,46-,47+,48+,49-,51-,52+,56-/m1/s1. The fourth-order valence-corrected chi connectivity index (χ4v) is 10.7. The third-order valence-electron chi connectivity index (χ3n) is 15.2. The van der Waals surface area contributed by atoms with Gasteiger partial charge < -0.3 is 48.3 Å². The molecule has 4 aliphatic rings. The average Bonchev–Trinajstić information content (AvgIpc) is 3.35. The highest BCUT2D eigenvalue weighted by atomic mass is 16.6. The molecule has 1 amide bonds. The summed E-state index contributed by atoms with van der Waals surface area (Å²) in [6.45, 7) is 13.7. The van der Waals surface area contributed by atoms with E-state index in [1.165, 1.54) is 12.0 Å². The Balaban J connectivity index is 1.67. The van der Waals surface area contributed by atoms with E-state index in [1.807, 2.05) is 58.1 Å². The van der Waals surface area contributed by atoms with E-state index in [1.54, 1.807) is 41.1 Å². The Morgan fingerprint density at radius 3 is 2.31 bits per heavy atom. The van der Waals surface area contributed by atoms with Crippen LogP contribution in [-0.2, 0) is 57.1 Å². The molecule has 15 nitrogen and oxygen atoms in total. The van der Waals surface area contributed by atoms with Gasteiger partial charge in [-0.25, -0.2) is 4.79 Å². The number of hydrogen-bond donors (Lipinski definition) is 2. The quantitative estimate of drug-likeness (QED) is 0.0717. The number of hydrogen-bond acceptors (Lipinski definition) is 14. The van der Waals surface area contributed by atoms with Crippen LogP contribution in [-0.4, -0.2) is 147 Å². The molecule has 0 radical (unpaired) electrons. The Morgan fingerprint density at radius 1 is 0.873 bits per heavy atom. The number of terminal acetylenes is 1. The first kappa shape index (κ1) is 59.7. The van der Waals surface area contributed by atoms with E-state index in [9.17, 15) is 34.2 Å².